The topological polar surface area (TPSA) is 62.4 Å². The van der Waals surface area contributed by atoms with Crippen LogP contribution in [-0.4, -0.2) is 38.4 Å². The third-order valence-corrected chi connectivity index (χ3v) is 3.64. The summed E-state index contributed by atoms with van der Waals surface area (Å²) >= 11 is 0. The van der Waals surface area contributed by atoms with Gasteiger partial charge in [-0.1, -0.05) is 30.3 Å². The van der Waals surface area contributed by atoms with Gasteiger partial charge in [0, 0.05) is 20.2 Å². The number of carbonyl (C=O) groups excluding carboxylic acids is 1. The minimum atomic E-state index is -0.141. The fraction of sp³-hybridized carbons (Fsp3) is 0.533. The van der Waals surface area contributed by atoms with Crippen molar-refractivity contribution < 1.29 is 9.53 Å². The Morgan fingerprint density at radius 1 is 1.35 bits per heavy atom. The minimum absolute atomic E-state index is 0.112. The fourth-order valence-electron chi connectivity index (χ4n) is 2.56. The minimum Gasteiger partial charge on any atom is -0.383 e. The normalized spacial score (nSPS) is 21.6. The van der Waals surface area contributed by atoms with Crippen LogP contribution >= 0.6 is 0 Å². The summed E-state index contributed by atoms with van der Waals surface area (Å²) in [5.74, 6) is 0. The van der Waals surface area contributed by atoms with Gasteiger partial charge in [-0.15, -0.1) is 0 Å². The van der Waals surface area contributed by atoms with Gasteiger partial charge in [-0.05, 0) is 24.9 Å². The number of rotatable bonds is 6. The molecule has 1 aromatic carbocycles. The van der Waals surface area contributed by atoms with Gasteiger partial charge in [0.2, 0.25) is 0 Å². The molecule has 20 heavy (non-hydrogen) atoms. The lowest BCUT2D eigenvalue weighted by Crippen LogP contribution is -2.54. The highest BCUT2D eigenvalue weighted by molar-refractivity contribution is 5.73. The van der Waals surface area contributed by atoms with Crippen LogP contribution in [0.25, 0.3) is 0 Å². The maximum absolute atomic E-state index is 11.8. The van der Waals surface area contributed by atoms with E-state index in [2.05, 4.69) is 16.0 Å². The monoisotopic (exact) mass is 277 g/mol. The molecule has 2 amide bonds. The van der Waals surface area contributed by atoms with Gasteiger partial charge in [-0.3, -0.25) is 0 Å². The molecule has 1 aliphatic heterocycles. The molecule has 110 valence electrons. The van der Waals surface area contributed by atoms with E-state index in [0.717, 1.165) is 24.9 Å². The van der Waals surface area contributed by atoms with E-state index in [1.807, 2.05) is 30.3 Å². The summed E-state index contributed by atoms with van der Waals surface area (Å²) in [5, 5.41) is 9.22. The Balaban J connectivity index is 1.74. The van der Waals surface area contributed by atoms with Gasteiger partial charge >= 0.3 is 6.03 Å². The Kier molecular flexibility index (Phi) is 5.38. The van der Waals surface area contributed by atoms with Gasteiger partial charge in [0.1, 0.15) is 0 Å². The summed E-state index contributed by atoms with van der Waals surface area (Å²) in [6.07, 6.45) is 2.15. The maximum Gasteiger partial charge on any atom is 0.315 e. The average Bonchev–Trinajstić information content (AvgIpc) is 2.93. The van der Waals surface area contributed by atoms with Gasteiger partial charge in [-0.2, -0.15) is 0 Å². The highest BCUT2D eigenvalue weighted by Gasteiger charge is 2.33. The molecule has 5 heteroatoms. The smallest absolute Gasteiger partial charge is 0.315 e. The molecule has 2 rings (SSSR count). The zero-order chi connectivity index (χ0) is 14.3. The van der Waals surface area contributed by atoms with Crippen LogP contribution in [0.3, 0.4) is 0 Å². The fourth-order valence-corrected chi connectivity index (χ4v) is 2.56. The number of nitrogens with one attached hydrogen (secondary N) is 3. The van der Waals surface area contributed by atoms with Crippen molar-refractivity contribution in [3.8, 4) is 0 Å². The highest BCUT2D eigenvalue weighted by atomic mass is 16.5. The molecule has 0 spiro atoms. The van der Waals surface area contributed by atoms with E-state index in [4.69, 9.17) is 4.74 Å². The maximum atomic E-state index is 11.8. The van der Waals surface area contributed by atoms with E-state index in [0.29, 0.717) is 19.7 Å². The number of hydrogen-bond donors (Lipinski definition) is 3. The van der Waals surface area contributed by atoms with E-state index >= 15 is 0 Å². The van der Waals surface area contributed by atoms with Crippen LogP contribution in [0.2, 0.25) is 0 Å². The number of methoxy groups -OCH3 is 1. The number of urea groups is 1. The summed E-state index contributed by atoms with van der Waals surface area (Å²) < 4.78 is 5.26. The molecular formula is C15H23N3O2. The van der Waals surface area contributed by atoms with Crippen molar-refractivity contribution in [1.82, 2.24) is 16.0 Å². The van der Waals surface area contributed by atoms with Crippen molar-refractivity contribution in [2.45, 2.75) is 24.9 Å². The van der Waals surface area contributed by atoms with Gasteiger partial charge in [0.05, 0.1) is 12.1 Å². The Bertz CT molecular complexity index is 416. The van der Waals surface area contributed by atoms with E-state index in [-0.39, 0.29) is 11.6 Å². The molecule has 0 aliphatic carbocycles. The largest absolute Gasteiger partial charge is 0.383 e. The van der Waals surface area contributed by atoms with E-state index in [1.54, 1.807) is 7.11 Å². The Hall–Kier alpha value is -1.59. The Labute approximate surface area is 120 Å². The van der Waals surface area contributed by atoms with Crippen LogP contribution in [0.15, 0.2) is 30.3 Å². The molecule has 1 aliphatic rings. The predicted molar refractivity (Wildman–Crippen MR) is 78.5 cm³/mol. The van der Waals surface area contributed by atoms with Gasteiger partial charge in [0.25, 0.3) is 0 Å². The first-order valence-corrected chi connectivity index (χ1v) is 7.04. The second-order valence-corrected chi connectivity index (χ2v) is 5.27. The average molecular weight is 277 g/mol. The second-order valence-electron chi connectivity index (χ2n) is 5.27. The van der Waals surface area contributed by atoms with Crippen LogP contribution in [0.4, 0.5) is 4.79 Å². The zero-order valence-electron chi connectivity index (χ0n) is 11.9. The van der Waals surface area contributed by atoms with Crippen molar-refractivity contribution in [3.63, 3.8) is 0 Å². The molecule has 0 bridgehead atoms. The van der Waals surface area contributed by atoms with Gasteiger partial charge in [0.15, 0.2) is 0 Å². The molecule has 3 N–H and O–H groups in total. The van der Waals surface area contributed by atoms with E-state index < -0.39 is 0 Å². The second kappa shape index (κ2) is 7.26. The number of carbonyl (C=O) groups is 1. The van der Waals surface area contributed by atoms with Gasteiger partial charge < -0.3 is 20.7 Å². The molecule has 0 radical (unpaired) electrons. The summed E-state index contributed by atoms with van der Waals surface area (Å²) in [5.41, 5.74) is 0.979. The summed E-state index contributed by atoms with van der Waals surface area (Å²) in [6.45, 7) is 2.72. The molecule has 0 aromatic heterocycles. The number of ether oxygens (including phenoxy) is 1. The third-order valence-electron chi connectivity index (χ3n) is 3.64. The van der Waals surface area contributed by atoms with E-state index in [1.165, 1.54) is 0 Å². The van der Waals surface area contributed by atoms with Crippen LogP contribution < -0.4 is 16.0 Å². The summed E-state index contributed by atoms with van der Waals surface area (Å²) in [4.78, 5) is 11.8. The van der Waals surface area contributed by atoms with Gasteiger partial charge in [-0.25, -0.2) is 4.79 Å². The van der Waals surface area contributed by atoms with Crippen molar-refractivity contribution in [2.24, 2.45) is 0 Å². The first-order chi connectivity index (χ1) is 9.74. The zero-order valence-corrected chi connectivity index (χ0v) is 11.9. The lowest BCUT2D eigenvalue weighted by molar-refractivity contribution is 0.120. The van der Waals surface area contributed by atoms with Crippen molar-refractivity contribution in [3.05, 3.63) is 35.9 Å². The lowest BCUT2D eigenvalue weighted by Gasteiger charge is -2.28. The molecule has 0 saturated carbocycles. The Morgan fingerprint density at radius 2 is 2.15 bits per heavy atom. The first kappa shape index (κ1) is 14.8. The van der Waals surface area contributed by atoms with E-state index in [9.17, 15) is 4.79 Å². The molecule has 1 atom stereocenters. The predicted octanol–water partition coefficient (Wildman–Crippen LogP) is 1.25. The van der Waals surface area contributed by atoms with Crippen LogP contribution in [0, 0.1) is 0 Å². The van der Waals surface area contributed by atoms with Crippen molar-refractivity contribution in [1.29, 1.82) is 0 Å². The molecular weight excluding hydrogens is 254 g/mol. The quantitative estimate of drug-likeness (QED) is 0.733. The molecule has 1 heterocycles. The van der Waals surface area contributed by atoms with Crippen LogP contribution in [0.1, 0.15) is 18.4 Å². The van der Waals surface area contributed by atoms with Crippen molar-refractivity contribution in [2.75, 3.05) is 26.8 Å². The highest BCUT2D eigenvalue weighted by Crippen LogP contribution is 2.18. The lowest BCUT2D eigenvalue weighted by atomic mass is 9.99. The molecule has 1 fully saturated rings. The standard InChI is InChI=1S/C15H23N3O2/c1-20-12-15(8-5-9-18-15)11-17-14(19)16-10-13-6-3-2-4-7-13/h2-4,6-7,18H,5,8-12H2,1H3,(H2,16,17,19). The number of amides is 2. The summed E-state index contributed by atoms with van der Waals surface area (Å²) in [6, 6.07) is 9.73. The molecule has 1 aromatic rings. The third kappa shape index (κ3) is 4.21. The first-order valence-electron chi connectivity index (χ1n) is 7.04. The van der Waals surface area contributed by atoms with Crippen LogP contribution in [0.5, 0.6) is 0 Å². The van der Waals surface area contributed by atoms with Crippen LogP contribution in [-0.2, 0) is 11.3 Å². The molecule has 1 saturated heterocycles. The summed E-state index contributed by atoms with van der Waals surface area (Å²) in [7, 11) is 1.69. The molecule has 1 unspecified atom stereocenters. The molecule has 5 nitrogen and oxygen atoms in total. The number of hydrogen-bond acceptors (Lipinski definition) is 3. The Morgan fingerprint density at radius 3 is 2.80 bits per heavy atom. The van der Waals surface area contributed by atoms with Crippen molar-refractivity contribution >= 4 is 6.03 Å². The SMILES string of the molecule is COCC1(CNC(=O)NCc2ccccc2)CCCN1. The number of benzene rings is 1.